The minimum atomic E-state index is -4.55. The Balaban J connectivity index is 2.28. The average molecular weight is 335 g/mol. The number of aromatic nitrogens is 1. The van der Waals surface area contributed by atoms with Gasteiger partial charge in [0, 0.05) is 11.6 Å². The third-order valence-electron chi connectivity index (χ3n) is 2.82. The van der Waals surface area contributed by atoms with E-state index in [1.807, 2.05) is 0 Å². The van der Waals surface area contributed by atoms with Crippen LogP contribution in [0.2, 0.25) is 5.02 Å². The van der Waals surface area contributed by atoms with Crippen LogP contribution in [0.25, 0.3) is 10.9 Å². The summed E-state index contributed by atoms with van der Waals surface area (Å²) in [5.74, 6) is -1.82. The van der Waals surface area contributed by atoms with Gasteiger partial charge in [0.2, 0.25) is 0 Å². The Bertz CT molecular complexity index is 678. The van der Waals surface area contributed by atoms with Crippen molar-refractivity contribution < 1.29 is 17.9 Å². The summed E-state index contributed by atoms with van der Waals surface area (Å²) in [6.45, 7) is -0.702. The fourth-order valence-electron chi connectivity index (χ4n) is 1.74. The van der Waals surface area contributed by atoms with Crippen LogP contribution < -0.4 is 10.5 Å². The van der Waals surface area contributed by atoms with Crippen molar-refractivity contribution in [3.8, 4) is 5.75 Å². The molecule has 0 radical (unpaired) electrons. The van der Waals surface area contributed by atoms with Crippen molar-refractivity contribution in [3.05, 3.63) is 35.5 Å². The van der Waals surface area contributed by atoms with E-state index in [9.17, 15) is 13.2 Å². The molecule has 2 rings (SSSR count). The predicted octanol–water partition coefficient (Wildman–Crippen LogP) is 3.73. The van der Waals surface area contributed by atoms with E-state index in [4.69, 9.17) is 22.1 Å². The number of nitrogens with zero attached hydrogens (tertiary/aromatic N) is 1. The van der Waals surface area contributed by atoms with Gasteiger partial charge in [-0.15, -0.1) is 0 Å². The Morgan fingerprint density at radius 1 is 1.38 bits per heavy atom. The van der Waals surface area contributed by atoms with Crippen molar-refractivity contribution in [2.45, 2.75) is 6.18 Å². The SMILES string of the molecule is NC(=S)C(COc1ccc(Cl)c2cccnc12)C(F)(F)F. The van der Waals surface area contributed by atoms with Crippen molar-refractivity contribution >= 4 is 39.7 Å². The number of halogens is 4. The number of thiocarbonyl (C=S) groups is 1. The smallest absolute Gasteiger partial charge is 0.401 e. The molecule has 2 aromatic rings. The van der Waals surface area contributed by atoms with Crippen LogP contribution >= 0.6 is 23.8 Å². The number of ether oxygens (including phenoxy) is 1. The first kappa shape index (κ1) is 15.8. The molecule has 0 fully saturated rings. The number of pyridine rings is 1. The highest BCUT2D eigenvalue weighted by Crippen LogP contribution is 2.32. The molecular weight excluding hydrogens is 325 g/mol. The lowest BCUT2D eigenvalue weighted by Gasteiger charge is -2.19. The lowest BCUT2D eigenvalue weighted by atomic mass is 10.1. The molecular formula is C13H10ClF3N2OS. The molecule has 112 valence electrons. The number of hydrogen-bond donors (Lipinski definition) is 1. The average Bonchev–Trinajstić information content (AvgIpc) is 2.40. The molecule has 0 aliphatic carbocycles. The maximum absolute atomic E-state index is 12.8. The highest BCUT2D eigenvalue weighted by molar-refractivity contribution is 7.80. The third-order valence-corrected chi connectivity index (χ3v) is 3.44. The molecule has 0 aliphatic rings. The van der Waals surface area contributed by atoms with E-state index in [2.05, 4.69) is 17.2 Å². The molecule has 0 saturated heterocycles. The molecule has 1 aromatic heterocycles. The van der Waals surface area contributed by atoms with E-state index in [-0.39, 0.29) is 5.75 Å². The normalized spacial score (nSPS) is 13.1. The summed E-state index contributed by atoms with van der Waals surface area (Å²) in [5.41, 5.74) is 5.50. The van der Waals surface area contributed by atoms with E-state index >= 15 is 0 Å². The van der Waals surface area contributed by atoms with Gasteiger partial charge in [0.15, 0.2) is 0 Å². The van der Waals surface area contributed by atoms with Gasteiger partial charge in [-0.1, -0.05) is 23.8 Å². The van der Waals surface area contributed by atoms with E-state index < -0.39 is 23.7 Å². The lowest BCUT2D eigenvalue weighted by molar-refractivity contribution is -0.161. The molecule has 1 aromatic carbocycles. The number of nitrogens with two attached hydrogens (primary N) is 1. The topological polar surface area (TPSA) is 48.1 Å². The van der Waals surface area contributed by atoms with Gasteiger partial charge in [-0.3, -0.25) is 4.98 Å². The molecule has 1 atom stereocenters. The summed E-state index contributed by atoms with van der Waals surface area (Å²) in [7, 11) is 0. The van der Waals surface area contributed by atoms with Gasteiger partial charge in [-0.2, -0.15) is 13.2 Å². The molecule has 0 saturated carbocycles. The Kier molecular flexibility index (Phi) is 4.53. The number of hydrogen-bond acceptors (Lipinski definition) is 3. The summed E-state index contributed by atoms with van der Waals surface area (Å²) in [6, 6.07) is 6.37. The van der Waals surface area contributed by atoms with Gasteiger partial charge in [0.05, 0.1) is 10.0 Å². The molecule has 21 heavy (non-hydrogen) atoms. The number of alkyl halides is 3. The van der Waals surface area contributed by atoms with Gasteiger partial charge >= 0.3 is 6.18 Å². The molecule has 1 heterocycles. The summed E-state index contributed by atoms with van der Waals surface area (Å²) in [5, 5.41) is 1.03. The van der Waals surface area contributed by atoms with E-state index in [1.54, 1.807) is 12.1 Å². The van der Waals surface area contributed by atoms with Gasteiger partial charge in [-0.05, 0) is 24.3 Å². The van der Waals surface area contributed by atoms with Crippen LogP contribution in [0.3, 0.4) is 0 Å². The molecule has 3 nitrogen and oxygen atoms in total. The quantitative estimate of drug-likeness (QED) is 0.865. The van der Waals surface area contributed by atoms with Crippen molar-refractivity contribution in [1.29, 1.82) is 0 Å². The van der Waals surface area contributed by atoms with Crippen LogP contribution in [0, 0.1) is 5.92 Å². The largest absolute Gasteiger partial charge is 0.490 e. The highest BCUT2D eigenvalue weighted by Gasteiger charge is 2.42. The zero-order valence-corrected chi connectivity index (χ0v) is 12.1. The van der Waals surface area contributed by atoms with Crippen LogP contribution in [0.15, 0.2) is 30.5 Å². The fourth-order valence-corrected chi connectivity index (χ4v) is 2.16. The zero-order chi connectivity index (χ0) is 15.6. The van der Waals surface area contributed by atoms with Crippen molar-refractivity contribution in [1.82, 2.24) is 4.98 Å². The Morgan fingerprint density at radius 2 is 2.10 bits per heavy atom. The second kappa shape index (κ2) is 6.03. The second-order valence-electron chi connectivity index (χ2n) is 4.25. The van der Waals surface area contributed by atoms with E-state index in [0.717, 1.165) is 0 Å². The van der Waals surface area contributed by atoms with Crippen LogP contribution in [-0.4, -0.2) is 22.8 Å². The molecule has 0 aliphatic heterocycles. The second-order valence-corrected chi connectivity index (χ2v) is 5.13. The van der Waals surface area contributed by atoms with Crippen LogP contribution in [0.1, 0.15) is 0 Å². The molecule has 0 bridgehead atoms. The minimum Gasteiger partial charge on any atom is -0.490 e. The monoisotopic (exact) mass is 334 g/mol. The molecule has 0 spiro atoms. The van der Waals surface area contributed by atoms with Gasteiger partial charge in [-0.25, -0.2) is 0 Å². The summed E-state index contributed by atoms with van der Waals surface area (Å²) in [4.78, 5) is 3.41. The molecule has 8 heteroatoms. The molecule has 0 amide bonds. The minimum absolute atomic E-state index is 0.195. The predicted molar refractivity (Wildman–Crippen MR) is 78.6 cm³/mol. The first-order valence-electron chi connectivity index (χ1n) is 5.82. The van der Waals surface area contributed by atoms with E-state index in [1.165, 1.54) is 18.3 Å². The number of fused-ring (bicyclic) bond motifs is 1. The third kappa shape index (κ3) is 3.54. The van der Waals surface area contributed by atoms with Gasteiger partial charge < -0.3 is 10.5 Å². The Labute approximate surface area is 128 Å². The van der Waals surface area contributed by atoms with Crippen molar-refractivity contribution in [2.75, 3.05) is 6.61 Å². The first-order valence-corrected chi connectivity index (χ1v) is 6.61. The van der Waals surface area contributed by atoms with E-state index in [0.29, 0.717) is 15.9 Å². The van der Waals surface area contributed by atoms with Crippen LogP contribution in [0.5, 0.6) is 5.75 Å². The maximum Gasteiger partial charge on any atom is 0.401 e. The molecule has 1 unspecified atom stereocenters. The highest BCUT2D eigenvalue weighted by atomic mass is 35.5. The Morgan fingerprint density at radius 3 is 2.71 bits per heavy atom. The number of benzene rings is 1. The van der Waals surface area contributed by atoms with Crippen LogP contribution in [-0.2, 0) is 0 Å². The fraction of sp³-hybridized carbons (Fsp3) is 0.231. The summed E-state index contributed by atoms with van der Waals surface area (Å²) in [6.07, 6.45) is -3.05. The summed E-state index contributed by atoms with van der Waals surface area (Å²) < 4.78 is 43.5. The lowest BCUT2D eigenvalue weighted by Crippen LogP contribution is -2.38. The van der Waals surface area contributed by atoms with Crippen molar-refractivity contribution in [3.63, 3.8) is 0 Å². The number of rotatable bonds is 4. The molecule has 2 N–H and O–H groups in total. The first-order chi connectivity index (χ1) is 9.80. The van der Waals surface area contributed by atoms with Crippen LogP contribution in [0.4, 0.5) is 13.2 Å². The van der Waals surface area contributed by atoms with Gasteiger partial charge in [0.25, 0.3) is 0 Å². The van der Waals surface area contributed by atoms with Gasteiger partial charge in [0.1, 0.15) is 23.8 Å². The Hall–Kier alpha value is -1.60. The summed E-state index contributed by atoms with van der Waals surface area (Å²) >= 11 is 10.4. The maximum atomic E-state index is 12.8. The van der Waals surface area contributed by atoms with Crippen molar-refractivity contribution in [2.24, 2.45) is 11.7 Å². The zero-order valence-electron chi connectivity index (χ0n) is 10.5. The standard InChI is InChI=1S/C13H10ClF3N2OS/c14-9-3-4-10(11-7(9)2-1-5-19-11)20-6-8(12(18)21)13(15,16)17/h1-5,8H,6H2,(H2,18,21).